The van der Waals surface area contributed by atoms with Crippen molar-refractivity contribution in [2.45, 2.75) is 44.7 Å². The van der Waals surface area contributed by atoms with Crippen molar-refractivity contribution in [1.82, 2.24) is 25.1 Å². The van der Waals surface area contributed by atoms with Crippen LogP contribution in [0, 0.1) is 0 Å². The van der Waals surface area contributed by atoms with Crippen LogP contribution in [-0.2, 0) is 9.59 Å². The second kappa shape index (κ2) is 10.2. The summed E-state index contributed by atoms with van der Waals surface area (Å²) in [6.07, 6.45) is 6.05. The summed E-state index contributed by atoms with van der Waals surface area (Å²) < 4.78 is 5.19. The first-order valence-corrected chi connectivity index (χ1v) is 12.6. The number of nitrogens with zero attached hydrogens (tertiary/aromatic N) is 4. The summed E-state index contributed by atoms with van der Waals surface area (Å²) in [7, 11) is 0. The zero-order valence-electron chi connectivity index (χ0n) is 20.8. The van der Waals surface area contributed by atoms with Crippen molar-refractivity contribution in [3.8, 4) is 0 Å². The van der Waals surface area contributed by atoms with Gasteiger partial charge in [0.15, 0.2) is 5.76 Å². The Kier molecular flexibility index (Phi) is 6.82. The van der Waals surface area contributed by atoms with Gasteiger partial charge in [-0.05, 0) is 35.6 Å². The van der Waals surface area contributed by atoms with Gasteiger partial charge in [-0.15, -0.1) is 0 Å². The number of amides is 3. The molecule has 1 aromatic carbocycles. The lowest BCUT2D eigenvalue weighted by atomic mass is 9.97. The van der Waals surface area contributed by atoms with Crippen molar-refractivity contribution < 1.29 is 18.8 Å². The quantitative estimate of drug-likeness (QED) is 0.669. The van der Waals surface area contributed by atoms with Crippen molar-refractivity contribution in [2.24, 2.45) is 0 Å². The summed E-state index contributed by atoms with van der Waals surface area (Å²) in [4.78, 5) is 43.5. The first-order chi connectivity index (χ1) is 17.4. The fraction of sp³-hybridized carbons (Fsp3) is 0.444. The van der Waals surface area contributed by atoms with E-state index in [1.54, 1.807) is 33.0 Å². The number of nitrogens with one attached hydrogen (secondary N) is 1. The second-order valence-electron chi connectivity index (χ2n) is 9.89. The lowest BCUT2D eigenvalue weighted by Gasteiger charge is -2.35. The van der Waals surface area contributed by atoms with E-state index >= 15 is 0 Å². The Morgan fingerprint density at radius 3 is 2.42 bits per heavy atom. The highest BCUT2D eigenvalue weighted by atomic mass is 16.3. The number of carbonyl (C=O) groups is 3. The number of carbonyl (C=O) groups excluding carboxylic acids is 3. The summed E-state index contributed by atoms with van der Waals surface area (Å²) in [5.74, 6) is 0.649. The van der Waals surface area contributed by atoms with Crippen LogP contribution < -0.4 is 5.43 Å². The fourth-order valence-corrected chi connectivity index (χ4v) is 5.04. The van der Waals surface area contributed by atoms with Crippen molar-refractivity contribution in [1.29, 1.82) is 0 Å². The summed E-state index contributed by atoms with van der Waals surface area (Å²) in [6, 6.07) is 11.7. The van der Waals surface area contributed by atoms with Crippen molar-refractivity contribution in [3.63, 3.8) is 0 Å². The standard InChI is InChI=1S/C27H33N5O4/c1-19(2)20-5-7-21(8-6-20)22-18-23-26(34)30(15-16-32(23)28-22)10-9-25(33)29-11-13-31(14-12-29)27(35)24-4-3-17-36-24/h3-8,15-17,19,22-23,28H,9-14,18H2,1-2H3. The van der Waals surface area contributed by atoms with Gasteiger partial charge >= 0.3 is 0 Å². The highest BCUT2D eigenvalue weighted by molar-refractivity contribution is 5.91. The van der Waals surface area contributed by atoms with Crippen molar-refractivity contribution in [3.05, 3.63) is 71.9 Å². The second-order valence-corrected chi connectivity index (χ2v) is 9.89. The summed E-state index contributed by atoms with van der Waals surface area (Å²) in [5, 5.41) is 1.89. The van der Waals surface area contributed by atoms with E-state index in [0.29, 0.717) is 50.8 Å². The van der Waals surface area contributed by atoms with Gasteiger partial charge in [-0.1, -0.05) is 38.1 Å². The van der Waals surface area contributed by atoms with Gasteiger partial charge in [0.2, 0.25) is 5.91 Å². The van der Waals surface area contributed by atoms with Gasteiger partial charge < -0.3 is 24.1 Å². The highest BCUT2D eigenvalue weighted by Crippen LogP contribution is 2.31. The maximum atomic E-state index is 13.2. The molecule has 0 bridgehead atoms. The smallest absolute Gasteiger partial charge is 0.289 e. The predicted octanol–water partition coefficient (Wildman–Crippen LogP) is 2.71. The number of rotatable bonds is 6. The van der Waals surface area contributed by atoms with E-state index in [0.717, 1.165) is 0 Å². The molecule has 3 amide bonds. The molecule has 2 aromatic rings. The van der Waals surface area contributed by atoms with Gasteiger partial charge in [0.05, 0.1) is 12.3 Å². The summed E-state index contributed by atoms with van der Waals surface area (Å²) in [5.41, 5.74) is 5.90. The molecule has 0 radical (unpaired) electrons. The molecule has 2 fully saturated rings. The van der Waals surface area contributed by atoms with Gasteiger partial charge in [-0.3, -0.25) is 14.4 Å². The highest BCUT2D eigenvalue weighted by Gasteiger charge is 2.40. The SMILES string of the molecule is CC(C)c1ccc(C2CC3C(=O)N(CCC(=O)N4CCN(C(=O)c5ccco5)CC4)C=CN3N2)cc1. The molecular weight excluding hydrogens is 458 g/mol. The molecule has 36 heavy (non-hydrogen) atoms. The van der Waals surface area contributed by atoms with E-state index in [-0.39, 0.29) is 36.2 Å². The molecule has 2 unspecified atom stereocenters. The monoisotopic (exact) mass is 491 g/mol. The minimum absolute atomic E-state index is 0.00334. The Hall–Kier alpha value is -3.59. The molecule has 2 saturated heterocycles. The van der Waals surface area contributed by atoms with Crippen LogP contribution >= 0.6 is 0 Å². The van der Waals surface area contributed by atoms with Crippen LogP contribution in [0.5, 0.6) is 0 Å². The molecule has 0 spiro atoms. The van der Waals surface area contributed by atoms with Gasteiger partial charge in [-0.25, -0.2) is 5.43 Å². The Morgan fingerprint density at radius 1 is 1.03 bits per heavy atom. The number of hydrogen-bond donors (Lipinski definition) is 1. The Morgan fingerprint density at radius 2 is 1.75 bits per heavy atom. The minimum atomic E-state index is -0.281. The first kappa shape index (κ1) is 24.1. The molecule has 5 rings (SSSR count). The van der Waals surface area contributed by atoms with E-state index in [9.17, 15) is 14.4 Å². The van der Waals surface area contributed by atoms with E-state index in [1.807, 2.05) is 11.2 Å². The number of piperazine rings is 1. The molecule has 1 aromatic heterocycles. The van der Waals surface area contributed by atoms with Crippen LogP contribution in [0.2, 0.25) is 0 Å². The Bertz CT molecular complexity index is 1120. The van der Waals surface area contributed by atoms with Crippen LogP contribution in [0.25, 0.3) is 0 Å². The first-order valence-electron chi connectivity index (χ1n) is 12.6. The van der Waals surface area contributed by atoms with Gasteiger partial charge in [0, 0.05) is 51.5 Å². The van der Waals surface area contributed by atoms with Gasteiger partial charge in [0.1, 0.15) is 6.04 Å². The molecule has 4 heterocycles. The third kappa shape index (κ3) is 4.88. The molecule has 3 aliphatic heterocycles. The molecule has 1 N–H and O–H groups in total. The summed E-state index contributed by atoms with van der Waals surface area (Å²) in [6.45, 7) is 6.59. The van der Waals surface area contributed by atoms with Gasteiger partial charge in [0.25, 0.3) is 11.8 Å². The average molecular weight is 492 g/mol. The van der Waals surface area contributed by atoms with E-state index in [1.165, 1.54) is 17.4 Å². The number of furan rings is 1. The average Bonchev–Trinajstić information content (AvgIpc) is 3.59. The third-order valence-corrected chi connectivity index (χ3v) is 7.30. The lowest BCUT2D eigenvalue weighted by Crippen LogP contribution is -2.51. The van der Waals surface area contributed by atoms with E-state index in [4.69, 9.17) is 4.42 Å². The van der Waals surface area contributed by atoms with E-state index in [2.05, 4.69) is 43.5 Å². The minimum Gasteiger partial charge on any atom is -0.459 e. The maximum absolute atomic E-state index is 13.2. The molecule has 3 aliphatic rings. The lowest BCUT2D eigenvalue weighted by molar-refractivity contribution is -0.136. The van der Waals surface area contributed by atoms with Crippen LogP contribution in [-0.4, -0.2) is 76.2 Å². The summed E-state index contributed by atoms with van der Waals surface area (Å²) >= 11 is 0. The fourth-order valence-electron chi connectivity index (χ4n) is 5.04. The van der Waals surface area contributed by atoms with Crippen molar-refractivity contribution in [2.75, 3.05) is 32.7 Å². The largest absolute Gasteiger partial charge is 0.459 e. The molecule has 0 aliphatic carbocycles. The van der Waals surface area contributed by atoms with Crippen LogP contribution in [0.1, 0.15) is 60.3 Å². The number of hydrazine groups is 1. The molecule has 190 valence electrons. The van der Waals surface area contributed by atoms with Crippen LogP contribution in [0.3, 0.4) is 0 Å². The molecule has 9 nitrogen and oxygen atoms in total. The Labute approximate surface area is 211 Å². The number of benzene rings is 1. The number of hydrogen-bond acceptors (Lipinski definition) is 6. The molecule has 2 atom stereocenters. The Balaban J connectivity index is 1.10. The molecule has 9 heteroatoms. The van der Waals surface area contributed by atoms with Crippen LogP contribution in [0.15, 0.2) is 59.5 Å². The maximum Gasteiger partial charge on any atom is 0.289 e. The van der Waals surface area contributed by atoms with Crippen LogP contribution in [0.4, 0.5) is 0 Å². The van der Waals surface area contributed by atoms with E-state index < -0.39 is 0 Å². The zero-order chi connectivity index (χ0) is 25.2. The zero-order valence-corrected chi connectivity index (χ0v) is 20.8. The number of fused-ring (bicyclic) bond motifs is 1. The van der Waals surface area contributed by atoms with Gasteiger partial charge in [-0.2, -0.15) is 0 Å². The topological polar surface area (TPSA) is 89.3 Å². The molecular formula is C27H33N5O4. The predicted molar refractivity (Wildman–Crippen MR) is 133 cm³/mol. The normalized spacial score (nSPS) is 21.9. The third-order valence-electron chi connectivity index (χ3n) is 7.30. The molecule has 0 saturated carbocycles. The van der Waals surface area contributed by atoms with Crippen molar-refractivity contribution >= 4 is 17.7 Å².